The fourth-order valence-electron chi connectivity index (χ4n) is 9.09. The molecule has 0 aromatic rings. The van der Waals surface area contributed by atoms with Crippen LogP contribution in [0.5, 0.6) is 0 Å². The number of hydrogen-bond acceptors (Lipinski definition) is 6. The van der Waals surface area contributed by atoms with Crippen LogP contribution in [0.25, 0.3) is 0 Å². The number of aldehydes is 1. The van der Waals surface area contributed by atoms with E-state index in [4.69, 9.17) is 9.47 Å². The van der Waals surface area contributed by atoms with Crippen molar-refractivity contribution in [2.75, 3.05) is 0 Å². The van der Waals surface area contributed by atoms with Crippen molar-refractivity contribution in [3.8, 4) is 0 Å². The Bertz CT molecular complexity index is 1030. The summed E-state index contributed by atoms with van der Waals surface area (Å²) in [4.78, 5) is 37.8. The van der Waals surface area contributed by atoms with Gasteiger partial charge in [0.05, 0.1) is 23.2 Å². The van der Waals surface area contributed by atoms with Crippen LogP contribution in [0.3, 0.4) is 0 Å². The van der Waals surface area contributed by atoms with Gasteiger partial charge < -0.3 is 14.6 Å². The number of aliphatic hydroxyl groups is 1. The smallest absolute Gasteiger partial charge is 0.302 e. The summed E-state index contributed by atoms with van der Waals surface area (Å²) >= 11 is 0. The molecule has 4 fully saturated rings. The van der Waals surface area contributed by atoms with Crippen molar-refractivity contribution in [2.45, 2.75) is 124 Å². The molecule has 6 heteroatoms. The molecule has 8 atom stereocenters. The predicted molar refractivity (Wildman–Crippen MR) is 146 cm³/mol. The number of ether oxygens (including phenoxy) is 2. The second-order valence-electron chi connectivity index (χ2n) is 14.5. The van der Waals surface area contributed by atoms with Gasteiger partial charge in [-0.15, -0.1) is 0 Å². The van der Waals surface area contributed by atoms with E-state index >= 15 is 0 Å². The van der Waals surface area contributed by atoms with Gasteiger partial charge in [-0.25, -0.2) is 0 Å². The second kappa shape index (κ2) is 9.69. The Hall–Kier alpha value is -1.79. The van der Waals surface area contributed by atoms with Crippen molar-refractivity contribution in [3.63, 3.8) is 0 Å². The number of hydrogen-bond donors (Lipinski definition) is 1. The molecular formula is C32H48O6. The highest BCUT2D eigenvalue weighted by Gasteiger charge is 2.66. The zero-order chi connectivity index (χ0) is 28.3. The van der Waals surface area contributed by atoms with E-state index in [-0.39, 0.29) is 46.1 Å². The first-order valence-corrected chi connectivity index (χ1v) is 14.4. The van der Waals surface area contributed by atoms with Gasteiger partial charge in [-0.1, -0.05) is 45.9 Å². The van der Waals surface area contributed by atoms with Gasteiger partial charge in [-0.3, -0.25) is 14.4 Å². The Kier molecular flexibility index (Phi) is 7.45. The van der Waals surface area contributed by atoms with Gasteiger partial charge in [0.25, 0.3) is 0 Å². The second-order valence-corrected chi connectivity index (χ2v) is 14.5. The van der Waals surface area contributed by atoms with Crippen molar-refractivity contribution in [1.82, 2.24) is 0 Å². The maximum atomic E-state index is 13.6. The lowest BCUT2D eigenvalue weighted by molar-refractivity contribution is -0.189. The molecular weight excluding hydrogens is 480 g/mol. The molecule has 0 spiro atoms. The summed E-state index contributed by atoms with van der Waals surface area (Å²) in [7, 11) is 0. The quantitative estimate of drug-likeness (QED) is 0.204. The monoisotopic (exact) mass is 528 g/mol. The number of carbonyl (C=O) groups is 3. The molecule has 0 amide bonds. The standard InChI is InChI=1S/C32H48O6/c1-20(34)37-25-13-17-31(7)23(28(25,2)3)11-16-32(8)24(31)18-22(35)27(32)21(19-33)10-9-14-30(6)15-12-26(38-30)29(4,5)36/h9-10,14,19,23-27,36H,11-13,15-18H2,1-8H3/b14-9-,21-10+/t23-,24+,25+,26-,27+,30+,31-,32+/m0/s1. The topological polar surface area (TPSA) is 89.9 Å². The summed E-state index contributed by atoms with van der Waals surface area (Å²) in [5.74, 6) is 0.0353. The average Bonchev–Trinajstić information content (AvgIpc) is 3.32. The maximum Gasteiger partial charge on any atom is 0.302 e. The number of Topliss-reactive ketones (excluding diaryl/α,β-unsaturated/α-hetero) is 1. The first kappa shape index (κ1) is 29.2. The number of fused-ring (bicyclic) bond motifs is 3. The van der Waals surface area contributed by atoms with Gasteiger partial charge in [0.2, 0.25) is 0 Å². The number of allylic oxidation sites excluding steroid dienone is 3. The zero-order valence-electron chi connectivity index (χ0n) is 24.6. The molecule has 1 aliphatic heterocycles. The molecule has 6 nitrogen and oxygen atoms in total. The number of esters is 1. The highest BCUT2D eigenvalue weighted by atomic mass is 16.5. The lowest BCUT2D eigenvalue weighted by Gasteiger charge is -2.62. The highest BCUT2D eigenvalue weighted by Crippen LogP contribution is 2.70. The number of carbonyl (C=O) groups excluding carboxylic acids is 3. The van der Waals surface area contributed by atoms with Crippen molar-refractivity contribution in [2.24, 2.45) is 34.0 Å². The van der Waals surface area contributed by atoms with E-state index in [1.54, 1.807) is 13.8 Å². The molecule has 0 radical (unpaired) electrons. The lowest BCUT2D eigenvalue weighted by Crippen LogP contribution is -2.58. The van der Waals surface area contributed by atoms with E-state index in [0.29, 0.717) is 17.9 Å². The summed E-state index contributed by atoms with van der Waals surface area (Å²) in [5.41, 5.74) is -1.39. The minimum absolute atomic E-state index is 0.0569. The fourth-order valence-corrected chi connectivity index (χ4v) is 9.09. The molecule has 212 valence electrons. The molecule has 4 aliphatic rings. The normalized spacial score (nSPS) is 43.1. The van der Waals surface area contributed by atoms with Gasteiger partial charge in [-0.05, 0) is 82.0 Å². The van der Waals surface area contributed by atoms with Crippen LogP contribution in [0, 0.1) is 34.0 Å². The zero-order valence-corrected chi connectivity index (χ0v) is 24.6. The van der Waals surface area contributed by atoms with Crippen LogP contribution in [0.1, 0.15) is 100 Å². The molecule has 3 aliphatic carbocycles. The Morgan fingerprint density at radius 1 is 1.03 bits per heavy atom. The van der Waals surface area contributed by atoms with Gasteiger partial charge in [0, 0.05) is 24.3 Å². The highest BCUT2D eigenvalue weighted by molar-refractivity contribution is 5.94. The molecule has 0 aromatic heterocycles. The largest absolute Gasteiger partial charge is 0.462 e. The minimum Gasteiger partial charge on any atom is -0.462 e. The molecule has 0 aromatic carbocycles. The number of rotatable bonds is 6. The fraction of sp³-hybridized carbons (Fsp3) is 0.781. The Morgan fingerprint density at radius 2 is 1.68 bits per heavy atom. The van der Waals surface area contributed by atoms with E-state index < -0.39 is 17.1 Å². The molecule has 1 N–H and O–H groups in total. The first-order valence-electron chi connectivity index (χ1n) is 14.4. The van der Waals surface area contributed by atoms with Crippen LogP contribution in [0.2, 0.25) is 0 Å². The van der Waals surface area contributed by atoms with Gasteiger partial charge in [0.1, 0.15) is 18.2 Å². The Morgan fingerprint density at radius 3 is 2.26 bits per heavy atom. The molecule has 4 rings (SSSR count). The summed E-state index contributed by atoms with van der Waals surface area (Å²) < 4.78 is 11.9. The van der Waals surface area contributed by atoms with Crippen molar-refractivity contribution in [3.05, 3.63) is 23.8 Å². The van der Waals surface area contributed by atoms with Crippen LogP contribution in [0.15, 0.2) is 23.8 Å². The van der Waals surface area contributed by atoms with Gasteiger partial charge in [-0.2, -0.15) is 0 Å². The summed E-state index contributed by atoms with van der Waals surface area (Å²) in [5, 5.41) is 10.3. The van der Waals surface area contributed by atoms with E-state index in [1.165, 1.54) is 6.92 Å². The molecule has 1 saturated heterocycles. The summed E-state index contributed by atoms with van der Waals surface area (Å²) in [6.07, 6.45) is 11.7. The predicted octanol–water partition coefficient (Wildman–Crippen LogP) is 5.76. The van der Waals surface area contributed by atoms with Crippen LogP contribution in [0.4, 0.5) is 0 Å². The summed E-state index contributed by atoms with van der Waals surface area (Å²) in [6, 6.07) is 0. The van der Waals surface area contributed by atoms with E-state index in [2.05, 4.69) is 27.7 Å². The summed E-state index contributed by atoms with van der Waals surface area (Å²) in [6.45, 7) is 16.0. The molecule has 0 unspecified atom stereocenters. The minimum atomic E-state index is -0.907. The third kappa shape index (κ3) is 4.85. The lowest BCUT2D eigenvalue weighted by atomic mass is 9.42. The van der Waals surface area contributed by atoms with Crippen LogP contribution >= 0.6 is 0 Å². The number of ketones is 1. The third-order valence-corrected chi connectivity index (χ3v) is 11.0. The van der Waals surface area contributed by atoms with Crippen molar-refractivity contribution < 1.29 is 29.0 Å². The van der Waals surface area contributed by atoms with Gasteiger partial charge in [0.15, 0.2) is 0 Å². The molecule has 0 bridgehead atoms. The Labute approximate surface area is 228 Å². The molecule has 38 heavy (non-hydrogen) atoms. The van der Waals surface area contributed by atoms with Crippen LogP contribution < -0.4 is 0 Å². The third-order valence-electron chi connectivity index (χ3n) is 11.0. The Balaban J connectivity index is 1.58. The van der Waals surface area contributed by atoms with Crippen molar-refractivity contribution in [1.29, 1.82) is 0 Å². The van der Waals surface area contributed by atoms with Gasteiger partial charge >= 0.3 is 5.97 Å². The first-order chi connectivity index (χ1) is 17.5. The SMILES string of the molecule is CC(=O)O[C@@H]1CC[C@]2(C)[C@H]3CC(=O)[C@@H](/C(C=O)=C/C=C\[C@]4(C)CC[C@@H](C(C)(C)O)O4)[C@]3(C)CC[C@H]2C1(C)C. The van der Waals surface area contributed by atoms with E-state index in [0.717, 1.165) is 44.8 Å². The molecule has 1 heterocycles. The van der Waals surface area contributed by atoms with E-state index in [1.807, 2.05) is 25.2 Å². The van der Waals surface area contributed by atoms with Crippen LogP contribution in [-0.2, 0) is 23.9 Å². The van der Waals surface area contributed by atoms with E-state index in [9.17, 15) is 19.5 Å². The van der Waals surface area contributed by atoms with Crippen LogP contribution in [-0.4, -0.2) is 46.6 Å². The maximum absolute atomic E-state index is 13.6. The average molecular weight is 529 g/mol. The molecule has 3 saturated carbocycles. The van der Waals surface area contributed by atoms with Crippen molar-refractivity contribution >= 4 is 18.0 Å².